The van der Waals surface area contributed by atoms with Gasteiger partial charge in [-0.25, -0.2) is 4.39 Å². The fourth-order valence-electron chi connectivity index (χ4n) is 2.65. The average molecular weight is 363 g/mol. The van der Waals surface area contributed by atoms with E-state index in [4.69, 9.17) is 16.3 Å². The number of anilines is 1. The molecule has 0 radical (unpaired) electrons. The van der Waals surface area contributed by atoms with Crippen LogP contribution in [0.1, 0.15) is 6.42 Å². The van der Waals surface area contributed by atoms with Gasteiger partial charge in [0.2, 0.25) is 5.91 Å². The van der Waals surface area contributed by atoms with Gasteiger partial charge in [0.25, 0.3) is 5.91 Å². The fourth-order valence-corrected chi connectivity index (χ4v) is 2.77. The van der Waals surface area contributed by atoms with Crippen molar-refractivity contribution in [2.45, 2.75) is 12.5 Å². The van der Waals surface area contributed by atoms with Crippen molar-refractivity contribution in [2.75, 3.05) is 18.1 Å². The highest BCUT2D eigenvalue weighted by Crippen LogP contribution is 2.22. The van der Waals surface area contributed by atoms with Crippen LogP contribution in [0.4, 0.5) is 10.1 Å². The van der Waals surface area contributed by atoms with E-state index in [1.807, 2.05) is 0 Å². The summed E-state index contributed by atoms with van der Waals surface area (Å²) in [6.07, 6.45) is 0.170. The van der Waals surface area contributed by atoms with Gasteiger partial charge < -0.3 is 15.0 Å². The van der Waals surface area contributed by atoms with Crippen molar-refractivity contribution >= 4 is 29.1 Å². The van der Waals surface area contributed by atoms with Gasteiger partial charge in [-0.15, -0.1) is 0 Å². The topological polar surface area (TPSA) is 58.6 Å². The van der Waals surface area contributed by atoms with Crippen LogP contribution in [-0.4, -0.2) is 31.0 Å². The molecule has 1 aliphatic heterocycles. The predicted octanol–water partition coefficient (Wildman–Crippen LogP) is 2.78. The Morgan fingerprint density at radius 3 is 2.76 bits per heavy atom. The monoisotopic (exact) mass is 362 g/mol. The highest BCUT2D eigenvalue weighted by atomic mass is 35.5. The molecule has 1 aliphatic rings. The van der Waals surface area contributed by atoms with Crippen molar-refractivity contribution in [2.24, 2.45) is 0 Å². The number of carbonyl (C=O) groups is 2. The average Bonchev–Trinajstić information content (AvgIpc) is 2.94. The quantitative estimate of drug-likeness (QED) is 0.889. The number of nitrogens with zero attached hydrogens (tertiary/aromatic N) is 1. The molecule has 0 bridgehead atoms. The van der Waals surface area contributed by atoms with Gasteiger partial charge in [0.05, 0.1) is 6.04 Å². The molecule has 0 aromatic heterocycles. The molecule has 2 amide bonds. The second-order valence-corrected chi connectivity index (χ2v) is 6.13. The molecular formula is C18H16ClFN2O3. The lowest BCUT2D eigenvalue weighted by Gasteiger charge is -2.17. The van der Waals surface area contributed by atoms with Gasteiger partial charge in [-0.2, -0.15) is 0 Å². The maximum atomic E-state index is 13.3. The third-order valence-corrected chi connectivity index (χ3v) is 4.05. The van der Waals surface area contributed by atoms with E-state index in [2.05, 4.69) is 5.32 Å². The lowest BCUT2D eigenvalue weighted by Crippen LogP contribution is -2.39. The standard InChI is InChI=1S/C18H16ClFN2O3/c19-12-4-6-16(7-5-12)25-11-17(23)21-14-9-18(24)22(10-14)15-3-1-2-13(20)8-15/h1-8,14H,9-11H2,(H,21,23). The van der Waals surface area contributed by atoms with Crippen LogP contribution in [0.25, 0.3) is 0 Å². The van der Waals surface area contributed by atoms with Crippen LogP contribution in [-0.2, 0) is 9.59 Å². The van der Waals surface area contributed by atoms with Crippen molar-refractivity contribution in [3.63, 3.8) is 0 Å². The Kier molecular flexibility index (Phi) is 5.19. The van der Waals surface area contributed by atoms with Gasteiger partial charge >= 0.3 is 0 Å². The van der Waals surface area contributed by atoms with Crippen molar-refractivity contribution in [1.82, 2.24) is 5.32 Å². The number of halogens is 2. The van der Waals surface area contributed by atoms with Crippen LogP contribution in [0.3, 0.4) is 0 Å². The maximum Gasteiger partial charge on any atom is 0.258 e. The highest BCUT2D eigenvalue weighted by molar-refractivity contribution is 6.30. The Balaban J connectivity index is 1.52. The zero-order chi connectivity index (χ0) is 17.8. The minimum absolute atomic E-state index is 0.158. The molecule has 1 N–H and O–H groups in total. The second kappa shape index (κ2) is 7.53. The minimum atomic E-state index is -0.408. The van der Waals surface area contributed by atoms with E-state index in [-0.39, 0.29) is 30.9 Å². The molecular weight excluding hydrogens is 347 g/mol. The third kappa shape index (κ3) is 4.48. The summed E-state index contributed by atoms with van der Waals surface area (Å²) in [6, 6.07) is 12.2. The van der Waals surface area contributed by atoms with E-state index >= 15 is 0 Å². The molecule has 0 spiro atoms. The lowest BCUT2D eigenvalue weighted by atomic mass is 10.2. The summed E-state index contributed by atoms with van der Waals surface area (Å²) < 4.78 is 18.7. The van der Waals surface area contributed by atoms with Crippen LogP contribution < -0.4 is 15.0 Å². The number of ether oxygens (including phenoxy) is 1. The molecule has 1 saturated heterocycles. The molecule has 0 aliphatic carbocycles. The molecule has 2 aromatic carbocycles. The Hall–Kier alpha value is -2.60. The molecule has 1 unspecified atom stereocenters. The molecule has 0 saturated carbocycles. The summed E-state index contributed by atoms with van der Waals surface area (Å²) in [5.74, 6) is -0.360. The highest BCUT2D eigenvalue weighted by Gasteiger charge is 2.31. The first-order valence-electron chi connectivity index (χ1n) is 7.75. The number of hydrogen-bond donors (Lipinski definition) is 1. The zero-order valence-electron chi connectivity index (χ0n) is 13.2. The molecule has 7 heteroatoms. The number of nitrogens with one attached hydrogen (secondary N) is 1. The molecule has 5 nitrogen and oxygen atoms in total. The van der Waals surface area contributed by atoms with Crippen LogP contribution in [0.2, 0.25) is 5.02 Å². The van der Waals surface area contributed by atoms with Crippen molar-refractivity contribution < 1.29 is 18.7 Å². The molecule has 3 rings (SSSR count). The summed E-state index contributed by atoms with van der Waals surface area (Å²) in [7, 11) is 0. The smallest absolute Gasteiger partial charge is 0.258 e. The molecule has 1 atom stereocenters. The number of rotatable bonds is 5. The molecule has 1 heterocycles. The predicted molar refractivity (Wildman–Crippen MR) is 92.2 cm³/mol. The summed E-state index contributed by atoms with van der Waals surface area (Å²) >= 11 is 5.78. The van der Waals surface area contributed by atoms with E-state index in [0.29, 0.717) is 23.0 Å². The van der Waals surface area contributed by atoms with Crippen LogP contribution in [0, 0.1) is 5.82 Å². The van der Waals surface area contributed by atoms with E-state index in [1.165, 1.54) is 17.0 Å². The first kappa shape index (κ1) is 17.2. The Morgan fingerprint density at radius 2 is 2.04 bits per heavy atom. The third-order valence-electron chi connectivity index (χ3n) is 3.79. The Labute approximate surface area is 149 Å². The summed E-state index contributed by atoms with van der Waals surface area (Å²) in [4.78, 5) is 25.6. The Bertz CT molecular complexity index is 782. The molecule has 130 valence electrons. The number of amides is 2. The van der Waals surface area contributed by atoms with Gasteiger partial charge in [-0.3, -0.25) is 9.59 Å². The number of carbonyl (C=O) groups excluding carboxylic acids is 2. The second-order valence-electron chi connectivity index (χ2n) is 5.70. The summed E-state index contributed by atoms with van der Waals surface area (Å²) in [5.41, 5.74) is 0.485. The fraction of sp³-hybridized carbons (Fsp3) is 0.222. The van der Waals surface area contributed by atoms with E-state index in [9.17, 15) is 14.0 Å². The molecule has 2 aromatic rings. The van der Waals surface area contributed by atoms with Gasteiger partial charge in [0, 0.05) is 23.7 Å². The van der Waals surface area contributed by atoms with Crippen LogP contribution >= 0.6 is 11.6 Å². The normalized spacial score (nSPS) is 16.8. The lowest BCUT2D eigenvalue weighted by molar-refractivity contribution is -0.123. The summed E-state index contributed by atoms with van der Waals surface area (Å²) in [6.45, 7) is 0.140. The molecule has 25 heavy (non-hydrogen) atoms. The van der Waals surface area contributed by atoms with E-state index < -0.39 is 5.82 Å². The molecule has 1 fully saturated rings. The number of benzene rings is 2. The Morgan fingerprint density at radius 1 is 1.28 bits per heavy atom. The van der Waals surface area contributed by atoms with Gasteiger partial charge in [0.1, 0.15) is 11.6 Å². The van der Waals surface area contributed by atoms with Crippen molar-refractivity contribution in [3.05, 3.63) is 59.4 Å². The summed E-state index contributed by atoms with van der Waals surface area (Å²) in [5, 5.41) is 3.34. The SMILES string of the molecule is O=C(COc1ccc(Cl)cc1)NC1CC(=O)N(c2cccc(F)c2)C1. The first-order chi connectivity index (χ1) is 12.0. The van der Waals surface area contributed by atoms with Crippen LogP contribution in [0.5, 0.6) is 5.75 Å². The van der Waals surface area contributed by atoms with E-state index in [1.54, 1.807) is 36.4 Å². The van der Waals surface area contributed by atoms with Crippen molar-refractivity contribution in [3.8, 4) is 5.75 Å². The van der Waals surface area contributed by atoms with Crippen molar-refractivity contribution in [1.29, 1.82) is 0 Å². The van der Waals surface area contributed by atoms with Gasteiger partial charge in [-0.05, 0) is 42.5 Å². The largest absolute Gasteiger partial charge is 0.484 e. The minimum Gasteiger partial charge on any atom is -0.484 e. The van der Waals surface area contributed by atoms with Gasteiger partial charge in [-0.1, -0.05) is 17.7 Å². The van der Waals surface area contributed by atoms with E-state index in [0.717, 1.165) is 0 Å². The maximum absolute atomic E-state index is 13.3. The van der Waals surface area contributed by atoms with Crippen LogP contribution in [0.15, 0.2) is 48.5 Å². The zero-order valence-corrected chi connectivity index (χ0v) is 14.0. The number of hydrogen-bond acceptors (Lipinski definition) is 3. The van der Waals surface area contributed by atoms with Gasteiger partial charge in [0.15, 0.2) is 6.61 Å². The first-order valence-corrected chi connectivity index (χ1v) is 8.13.